The first-order chi connectivity index (χ1) is 27.2. The van der Waals surface area contributed by atoms with Gasteiger partial charge >= 0.3 is 0 Å². The highest BCUT2D eigenvalue weighted by Gasteiger charge is 2.21. The first-order valence-electron chi connectivity index (χ1n) is 18.2. The number of pyridine rings is 1. The molecule has 258 valence electrons. The van der Waals surface area contributed by atoms with Crippen molar-refractivity contribution >= 4 is 32.8 Å². The Kier molecular flexibility index (Phi) is 7.07. The van der Waals surface area contributed by atoms with Crippen LogP contribution >= 0.6 is 0 Å². The maximum atomic E-state index is 6.50. The zero-order valence-electron chi connectivity index (χ0n) is 29.3. The molecule has 0 saturated carbocycles. The van der Waals surface area contributed by atoms with Gasteiger partial charge in [-0.1, -0.05) is 97.1 Å². The molecule has 3 aromatic heterocycles. The number of furan rings is 1. The fraction of sp³-hybridized carbons (Fsp3) is 0. The predicted molar refractivity (Wildman–Crippen MR) is 218 cm³/mol. The highest BCUT2D eigenvalue weighted by atomic mass is 16.6. The Bertz CT molecular complexity index is 3110. The van der Waals surface area contributed by atoms with Crippen LogP contribution in [-0.2, 0) is 0 Å². The van der Waals surface area contributed by atoms with Gasteiger partial charge in [0.2, 0.25) is 0 Å². The summed E-state index contributed by atoms with van der Waals surface area (Å²) >= 11 is 0. The molecule has 0 amide bonds. The lowest BCUT2D eigenvalue weighted by molar-refractivity contribution is 0.360. The number of para-hydroxylation sites is 4. The second kappa shape index (κ2) is 12.5. The second-order valence-electron chi connectivity index (χ2n) is 13.6. The van der Waals surface area contributed by atoms with Gasteiger partial charge in [0.15, 0.2) is 28.8 Å². The van der Waals surface area contributed by atoms with Gasteiger partial charge in [-0.25, -0.2) is 9.97 Å². The molecule has 11 rings (SSSR count). The molecule has 6 heteroatoms. The summed E-state index contributed by atoms with van der Waals surface area (Å²) in [7, 11) is 0. The van der Waals surface area contributed by atoms with Crippen molar-refractivity contribution < 1.29 is 13.9 Å². The first kappa shape index (κ1) is 31.0. The van der Waals surface area contributed by atoms with Crippen LogP contribution in [-0.4, -0.2) is 15.0 Å². The summed E-state index contributed by atoms with van der Waals surface area (Å²) in [5, 5.41) is 3.18. The largest absolute Gasteiger partial charge is 0.455 e. The van der Waals surface area contributed by atoms with Crippen LogP contribution in [0.2, 0.25) is 0 Å². The molecule has 0 spiro atoms. The molecule has 1 aliphatic heterocycles. The van der Waals surface area contributed by atoms with E-state index in [1.165, 1.54) is 0 Å². The van der Waals surface area contributed by atoms with Crippen molar-refractivity contribution in [1.82, 2.24) is 15.0 Å². The van der Waals surface area contributed by atoms with E-state index in [2.05, 4.69) is 77.8 Å². The number of benzene rings is 7. The summed E-state index contributed by atoms with van der Waals surface area (Å²) in [6.07, 6.45) is 1.83. The Labute approximate surface area is 315 Å². The molecule has 0 radical (unpaired) electrons. The summed E-state index contributed by atoms with van der Waals surface area (Å²) in [5.74, 6) is 3.34. The first-order valence-corrected chi connectivity index (χ1v) is 18.2. The van der Waals surface area contributed by atoms with Crippen LogP contribution < -0.4 is 9.47 Å². The van der Waals surface area contributed by atoms with E-state index in [1.807, 2.05) is 103 Å². The zero-order valence-corrected chi connectivity index (χ0v) is 29.3. The third kappa shape index (κ3) is 5.39. The van der Waals surface area contributed by atoms with E-state index < -0.39 is 0 Å². The lowest BCUT2D eigenvalue weighted by Crippen LogP contribution is -1.99. The fourth-order valence-electron chi connectivity index (χ4n) is 7.56. The monoisotopic (exact) mass is 707 g/mol. The third-order valence-corrected chi connectivity index (χ3v) is 10.2. The van der Waals surface area contributed by atoms with E-state index >= 15 is 0 Å². The van der Waals surface area contributed by atoms with Crippen molar-refractivity contribution in [3.63, 3.8) is 0 Å². The van der Waals surface area contributed by atoms with Gasteiger partial charge < -0.3 is 13.9 Å². The third-order valence-electron chi connectivity index (χ3n) is 10.2. The summed E-state index contributed by atoms with van der Waals surface area (Å²) in [5.41, 5.74) is 11.0. The molecule has 0 N–H and O–H groups in total. The van der Waals surface area contributed by atoms with E-state index in [9.17, 15) is 0 Å². The Hall–Kier alpha value is -7.57. The van der Waals surface area contributed by atoms with Crippen molar-refractivity contribution in [1.29, 1.82) is 0 Å². The van der Waals surface area contributed by atoms with Crippen molar-refractivity contribution in [2.24, 2.45) is 0 Å². The number of aromatic nitrogens is 3. The van der Waals surface area contributed by atoms with Crippen LogP contribution in [0.4, 0.5) is 0 Å². The van der Waals surface area contributed by atoms with Gasteiger partial charge in [0, 0.05) is 39.0 Å². The van der Waals surface area contributed by atoms with Crippen molar-refractivity contribution in [2.45, 2.75) is 0 Å². The molecule has 0 bridgehead atoms. The Morgan fingerprint density at radius 1 is 0.382 bits per heavy atom. The second-order valence-corrected chi connectivity index (χ2v) is 13.6. The smallest absolute Gasteiger partial charge is 0.170 e. The zero-order chi connectivity index (χ0) is 36.3. The molecule has 0 unspecified atom stereocenters. The lowest BCUT2D eigenvalue weighted by Gasteiger charge is -2.21. The maximum absolute atomic E-state index is 6.50. The fourth-order valence-corrected chi connectivity index (χ4v) is 7.56. The van der Waals surface area contributed by atoms with Crippen LogP contribution in [0.3, 0.4) is 0 Å². The summed E-state index contributed by atoms with van der Waals surface area (Å²) in [6.45, 7) is 0. The summed E-state index contributed by atoms with van der Waals surface area (Å²) < 4.78 is 19.1. The van der Waals surface area contributed by atoms with E-state index in [1.54, 1.807) is 0 Å². The van der Waals surface area contributed by atoms with Crippen molar-refractivity contribution in [2.75, 3.05) is 0 Å². The molecule has 0 saturated heterocycles. The van der Waals surface area contributed by atoms with Gasteiger partial charge in [-0.15, -0.1) is 0 Å². The minimum Gasteiger partial charge on any atom is -0.455 e. The molecule has 6 nitrogen and oxygen atoms in total. The normalized spacial score (nSPS) is 11.9. The number of nitrogens with zero attached hydrogens (tertiary/aromatic N) is 3. The van der Waals surface area contributed by atoms with Crippen molar-refractivity contribution in [3.05, 3.63) is 176 Å². The van der Waals surface area contributed by atoms with Gasteiger partial charge in [-0.05, 0) is 95.1 Å². The maximum Gasteiger partial charge on any atom is 0.170 e. The number of hydrogen-bond acceptors (Lipinski definition) is 6. The molecular weight excluding hydrogens is 679 g/mol. The average Bonchev–Trinajstić information content (AvgIpc) is 3.64. The van der Waals surface area contributed by atoms with Gasteiger partial charge in [-0.3, -0.25) is 4.98 Å². The highest BCUT2D eigenvalue weighted by Crippen LogP contribution is 2.47. The Morgan fingerprint density at radius 3 is 1.98 bits per heavy atom. The number of fused-ring (bicyclic) bond motifs is 6. The summed E-state index contributed by atoms with van der Waals surface area (Å²) in [6, 6.07) is 57.4. The van der Waals surface area contributed by atoms with Crippen LogP contribution in [0.25, 0.3) is 89.0 Å². The average molecular weight is 708 g/mol. The highest BCUT2D eigenvalue weighted by molar-refractivity contribution is 6.09. The Balaban J connectivity index is 1.14. The topological polar surface area (TPSA) is 70.3 Å². The standard InChI is InChI=1S/C49H29N3O3/c1-2-11-30(12-3-1)49-51-41(29-42(52-49)39-16-8-15-38-37-13-4-5-19-43(37)55-48(38)39)34-26-32(25-33(27-34)35-14-9-18-40-36(35)17-10-24-50-40)31-22-23-46-47(28-31)54-45-21-7-6-20-44(45)53-46/h1-29H. The molecular formula is C49H29N3O3. The molecule has 4 heterocycles. The summed E-state index contributed by atoms with van der Waals surface area (Å²) in [4.78, 5) is 15.1. The van der Waals surface area contributed by atoms with Gasteiger partial charge in [-0.2, -0.15) is 0 Å². The molecule has 7 aromatic carbocycles. The van der Waals surface area contributed by atoms with E-state index in [0.717, 1.165) is 83.2 Å². The van der Waals surface area contributed by atoms with Crippen LogP contribution in [0.5, 0.6) is 23.0 Å². The van der Waals surface area contributed by atoms with Crippen molar-refractivity contribution in [3.8, 4) is 79.2 Å². The quantitative estimate of drug-likeness (QED) is 0.177. The molecule has 0 atom stereocenters. The van der Waals surface area contributed by atoms with Crippen LogP contribution in [0, 0.1) is 0 Å². The SMILES string of the molecule is c1ccc(-c2nc(-c3cc(-c4ccc5c(c4)Oc4ccccc4O5)cc(-c4cccc5ncccc45)c3)cc(-c3cccc4c3oc3ccccc34)n2)cc1. The number of ether oxygens (including phenoxy) is 2. The lowest BCUT2D eigenvalue weighted by atomic mass is 9.92. The van der Waals surface area contributed by atoms with E-state index in [-0.39, 0.29) is 0 Å². The molecule has 1 aliphatic rings. The van der Waals surface area contributed by atoms with Gasteiger partial charge in [0.05, 0.1) is 16.9 Å². The molecule has 0 fully saturated rings. The molecule has 10 aromatic rings. The minimum atomic E-state index is 0.625. The number of rotatable bonds is 5. The molecule has 55 heavy (non-hydrogen) atoms. The van der Waals surface area contributed by atoms with E-state index in [0.29, 0.717) is 28.8 Å². The Morgan fingerprint density at radius 2 is 1.07 bits per heavy atom. The van der Waals surface area contributed by atoms with Crippen LogP contribution in [0.15, 0.2) is 180 Å². The van der Waals surface area contributed by atoms with Gasteiger partial charge in [0.1, 0.15) is 11.2 Å². The molecule has 0 aliphatic carbocycles. The minimum absolute atomic E-state index is 0.625. The van der Waals surface area contributed by atoms with Crippen LogP contribution in [0.1, 0.15) is 0 Å². The van der Waals surface area contributed by atoms with E-state index in [4.69, 9.17) is 23.9 Å². The van der Waals surface area contributed by atoms with Gasteiger partial charge in [0.25, 0.3) is 0 Å². The predicted octanol–water partition coefficient (Wildman–Crippen LogP) is 13.2. The number of hydrogen-bond donors (Lipinski definition) is 0.